The van der Waals surface area contributed by atoms with Crippen LogP contribution in [0, 0.1) is 0 Å². The van der Waals surface area contributed by atoms with Gasteiger partial charge >= 0.3 is 0 Å². The van der Waals surface area contributed by atoms with Crippen molar-refractivity contribution in [1.82, 2.24) is 19.9 Å². The van der Waals surface area contributed by atoms with Crippen molar-refractivity contribution in [3.8, 4) is 5.75 Å². The van der Waals surface area contributed by atoms with Gasteiger partial charge in [0.2, 0.25) is 0 Å². The molecule has 0 aliphatic heterocycles. The molecular weight excluding hydrogens is 256 g/mol. The van der Waals surface area contributed by atoms with E-state index in [1.54, 1.807) is 47.4 Å². The number of aromatic hydroxyl groups is 1. The molecule has 0 aliphatic carbocycles. The summed E-state index contributed by atoms with van der Waals surface area (Å²) in [6.45, 7) is 0.253. The number of hydrogen-bond donors (Lipinski definition) is 2. The molecule has 0 atom stereocenters. The summed E-state index contributed by atoms with van der Waals surface area (Å²) in [5.41, 5.74) is 1.76. The van der Waals surface area contributed by atoms with Crippen molar-refractivity contribution in [3.63, 3.8) is 0 Å². The third kappa shape index (κ3) is 2.18. The predicted octanol–water partition coefficient (Wildman–Crippen LogP) is 1.36. The second-order valence-corrected chi connectivity index (χ2v) is 4.28. The van der Waals surface area contributed by atoms with Crippen molar-refractivity contribution < 1.29 is 9.90 Å². The summed E-state index contributed by atoms with van der Waals surface area (Å²) in [4.78, 5) is 16.1. The van der Waals surface area contributed by atoms with E-state index in [2.05, 4.69) is 15.4 Å². The number of rotatable bonds is 3. The maximum atomic E-state index is 12.1. The van der Waals surface area contributed by atoms with Gasteiger partial charge in [-0.25, -0.2) is 4.52 Å². The summed E-state index contributed by atoms with van der Waals surface area (Å²) >= 11 is 0. The van der Waals surface area contributed by atoms with Gasteiger partial charge in [-0.15, -0.1) is 0 Å². The number of para-hydroxylation sites is 1. The Morgan fingerprint density at radius 1 is 1.30 bits per heavy atom. The summed E-state index contributed by atoms with van der Waals surface area (Å²) in [6.07, 6.45) is 6.36. The lowest BCUT2D eigenvalue weighted by atomic mass is 10.2. The van der Waals surface area contributed by atoms with Crippen LogP contribution in [0.2, 0.25) is 0 Å². The van der Waals surface area contributed by atoms with E-state index >= 15 is 0 Å². The van der Waals surface area contributed by atoms with Gasteiger partial charge in [0.1, 0.15) is 5.75 Å². The van der Waals surface area contributed by atoms with Crippen molar-refractivity contribution in [2.45, 2.75) is 6.54 Å². The first-order valence-corrected chi connectivity index (χ1v) is 6.08. The average molecular weight is 268 g/mol. The smallest absolute Gasteiger partial charge is 0.255 e. The van der Waals surface area contributed by atoms with E-state index in [-0.39, 0.29) is 18.2 Å². The summed E-state index contributed by atoms with van der Waals surface area (Å²) in [7, 11) is 0. The van der Waals surface area contributed by atoms with E-state index in [0.717, 1.165) is 0 Å². The summed E-state index contributed by atoms with van der Waals surface area (Å²) in [6, 6.07) is 6.88. The number of carbonyl (C=O) groups is 1. The second-order valence-electron chi connectivity index (χ2n) is 4.28. The molecule has 2 heterocycles. The van der Waals surface area contributed by atoms with Crippen LogP contribution in [0.25, 0.3) is 5.52 Å². The van der Waals surface area contributed by atoms with Gasteiger partial charge in [0.15, 0.2) is 0 Å². The van der Waals surface area contributed by atoms with E-state index in [1.165, 1.54) is 6.20 Å². The van der Waals surface area contributed by atoms with Crippen LogP contribution >= 0.6 is 0 Å². The first-order chi connectivity index (χ1) is 9.75. The molecule has 0 bridgehead atoms. The molecule has 0 spiro atoms. The minimum absolute atomic E-state index is 0.161. The lowest BCUT2D eigenvalue weighted by Crippen LogP contribution is -2.22. The van der Waals surface area contributed by atoms with Crippen molar-refractivity contribution in [3.05, 3.63) is 60.2 Å². The van der Waals surface area contributed by atoms with Gasteiger partial charge in [0, 0.05) is 24.5 Å². The van der Waals surface area contributed by atoms with Crippen LogP contribution in [0.3, 0.4) is 0 Å². The Labute approximate surface area is 114 Å². The molecule has 20 heavy (non-hydrogen) atoms. The van der Waals surface area contributed by atoms with Gasteiger partial charge in [0.05, 0.1) is 23.5 Å². The van der Waals surface area contributed by atoms with Gasteiger partial charge in [-0.3, -0.25) is 9.78 Å². The fourth-order valence-corrected chi connectivity index (χ4v) is 1.94. The molecule has 0 saturated heterocycles. The number of fused-ring (bicyclic) bond motifs is 1. The van der Waals surface area contributed by atoms with Crippen molar-refractivity contribution in [2.75, 3.05) is 0 Å². The highest BCUT2D eigenvalue weighted by molar-refractivity contribution is 6.00. The van der Waals surface area contributed by atoms with E-state index in [1.807, 2.05) is 0 Å². The Hall–Kier alpha value is -2.89. The summed E-state index contributed by atoms with van der Waals surface area (Å²) < 4.78 is 1.59. The molecule has 0 fully saturated rings. The first-order valence-electron chi connectivity index (χ1n) is 6.08. The molecule has 0 saturated carbocycles. The molecule has 0 aliphatic rings. The van der Waals surface area contributed by atoms with Crippen molar-refractivity contribution in [1.29, 1.82) is 0 Å². The number of phenols is 1. The fourth-order valence-electron chi connectivity index (χ4n) is 1.94. The number of amides is 1. The van der Waals surface area contributed by atoms with E-state index in [9.17, 15) is 9.90 Å². The average Bonchev–Trinajstić information content (AvgIpc) is 2.90. The van der Waals surface area contributed by atoms with E-state index in [4.69, 9.17) is 0 Å². The SMILES string of the molecule is O=C(NCc1ccccc1O)c1cnn2ccncc12. The molecule has 2 aromatic heterocycles. The Kier molecular flexibility index (Phi) is 3.04. The molecule has 0 unspecified atom stereocenters. The maximum Gasteiger partial charge on any atom is 0.255 e. The van der Waals surface area contributed by atoms with Crippen LogP contribution in [-0.4, -0.2) is 25.6 Å². The Morgan fingerprint density at radius 3 is 3.00 bits per heavy atom. The Balaban J connectivity index is 1.79. The van der Waals surface area contributed by atoms with Crippen molar-refractivity contribution in [2.24, 2.45) is 0 Å². The number of phenolic OH excluding ortho intramolecular Hbond substituents is 1. The molecule has 100 valence electrons. The standard InChI is InChI=1S/C14H12N4O2/c19-13-4-2-1-3-10(13)7-16-14(20)11-8-17-18-6-5-15-9-12(11)18/h1-6,8-9,19H,7H2,(H,16,20). The molecule has 2 N–H and O–H groups in total. The number of hydrogen-bond acceptors (Lipinski definition) is 4. The normalized spacial score (nSPS) is 10.6. The number of nitrogens with zero attached hydrogens (tertiary/aromatic N) is 3. The number of benzene rings is 1. The topological polar surface area (TPSA) is 79.5 Å². The lowest BCUT2D eigenvalue weighted by Gasteiger charge is -2.06. The summed E-state index contributed by atoms with van der Waals surface area (Å²) in [5.74, 6) is -0.0921. The third-order valence-corrected chi connectivity index (χ3v) is 3.00. The highest BCUT2D eigenvalue weighted by Gasteiger charge is 2.12. The highest BCUT2D eigenvalue weighted by atomic mass is 16.3. The van der Waals surface area contributed by atoms with Crippen LogP contribution in [0.4, 0.5) is 0 Å². The van der Waals surface area contributed by atoms with Gasteiger partial charge < -0.3 is 10.4 Å². The van der Waals surface area contributed by atoms with Gasteiger partial charge in [-0.1, -0.05) is 18.2 Å². The van der Waals surface area contributed by atoms with Crippen LogP contribution in [0.1, 0.15) is 15.9 Å². The quantitative estimate of drug-likeness (QED) is 0.751. The van der Waals surface area contributed by atoms with Crippen LogP contribution < -0.4 is 5.32 Å². The molecule has 1 amide bonds. The van der Waals surface area contributed by atoms with Crippen molar-refractivity contribution >= 4 is 11.4 Å². The summed E-state index contributed by atoms with van der Waals surface area (Å²) in [5, 5.41) is 16.5. The highest BCUT2D eigenvalue weighted by Crippen LogP contribution is 2.15. The maximum absolute atomic E-state index is 12.1. The minimum atomic E-state index is -0.253. The minimum Gasteiger partial charge on any atom is -0.508 e. The molecule has 3 rings (SSSR count). The van der Waals surface area contributed by atoms with Crippen LogP contribution in [0.15, 0.2) is 49.1 Å². The zero-order valence-corrected chi connectivity index (χ0v) is 10.5. The predicted molar refractivity (Wildman–Crippen MR) is 72.3 cm³/mol. The number of aromatic nitrogens is 3. The zero-order valence-electron chi connectivity index (χ0n) is 10.5. The molecule has 1 aromatic carbocycles. The Morgan fingerprint density at radius 2 is 2.15 bits per heavy atom. The lowest BCUT2D eigenvalue weighted by molar-refractivity contribution is 0.0952. The molecule has 0 radical (unpaired) electrons. The first kappa shape index (κ1) is 12.2. The molecular formula is C14H12N4O2. The zero-order chi connectivity index (χ0) is 13.9. The van der Waals surface area contributed by atoms with Crippen LogP contribution in [0.5, 0.6) is 5.75 Å². The number of nitrogens with one attached hydrogen (secondary N) is 1. The Bertz CT molecular complexity index is 766. The molecule has 6 nitrogen and oxygen atoms in total. The van der Waals surface area contributed by atoms with Gasteiger partial charge in [-0.05, 0) is 6.07 Å². The van der Waals surface area contributed by atoms with E-state index in [0.29, 0.717) is 16.6 Å². The van der Waals surface area contributed by atoms with Gasteiger partial charge in [0.25, 0.3) is 5.91 Å². The monoisotopic (exact) mass is 268 g/mol. The van der Waals surface area contributed by atoms with Gasteiger partial charge in [-0.2, -0.15) is 5.10 Å². The number of carbonyl (C=O) groups excluding carboxylic acids is 1. The third-order valence-electron chi connectivity index (χ3n) is 3.00. The second kappa shape index (κ2) is 5.00. The van der Waals surface area contributed by atoms with Crippen LogP contribution in [-0.2, 0) is 6.54 Å². The largest absolute Gasteiger partial charge is 0.508 e. The molecule has 6 heteroatoms. The van der Waals surface area contributed by atoms with E-state index < -0.39 is 0 Å². The fraction of sp³-hybridized carbons (Fsp3) is 0.0714. The molecule has 3 aromatic rings.